The van der Waals surface area contributed by atoms with Crippen molar-refractivity contribution in [2.75, 3.05) is 6.61 Å². The lowest BCUT2D eigenvalue weighted by Gasteiger charge is -2.30. The minimum atomic E-state index is -0.290. The highest BCUT2D eigenvalue weighted by Gasteiger charge is 2.33. The summed E-state index contributed by atoms with van der Waals surface area (Å²) in [5, 5.41) is 0. The van der Waals surface area contributed by atoms with E-state index in [1.54, 1.807) is 0 Å². The zero-order valence-electron chi connectivity index (χ0n) is 11.0. The maximum atomic E-state index is 12.3. The molecule has 0 N–H and O–H groups in total. The molecule has 2 heteroatoms. The van der Waals surface area contributed by atoms with Crippen LogP contribution in [0.1, 0.15) is 53.4 Å². The molecule has 2 nitrogen and oxygen atoms in total. The third-order valence-corrected chi connectivity index (χ3v) is 2.97. The smallest absolute Gasteiger partial charge is 0.187 e. The Morgan fingerprint density at radius 2 is 2.12 bits per heavy atom. The molecule has 0 saturated heterocycles. The second-order valence-corrected chi connectivity index (χ2v) is 5.54. The molecule has 0 aromatic carbocycles. The average Bonchev–Trinajstić information content (AvgIpc) is 2.25. The fraction of sp³-hybridized carbons (Fsp3) is 0.786. The van der Waals surface area contributed by atoms with Crippen LogP contribution >= 0.6 is 0 Å². The van der Waals surface area contributed by atoms with Crippen LogP contribution in [-0.2, 0) is 9.53 Å². The Morgan fingerprint density at radius 1 is 1.44 bits per heavy atom. The van der Waals surface area contributed by atoms with E-state index in [1.807, 2.05) is 6.92 Å². The molecule has 1 atom stereocenters. The highest BCUT2D eigenvalue weighted by Crippen LogP contribution is 2.28. The predicted octanol–water partition coefficient (Wildman–Crippen LogP) is 3.51. The van der Waals surface area contributed by atoms with Crippen LogP contribution in [0.2, 0.25) is 0 Å². The number of allylic oxidation sites excluding steroid dienone is 1. The van der Waals surface area contributed by atoms with Gasteiger partial charge >= 0.3 is 0 Å². The van der Waals surface area contributed by atoms with Crippen molar-refractivity contribution in [3.63, 3.8) is 0 Å². The zero-order valence-corrected chi connectivity index (χ0v) is 11.0. The van der Waals surface area contributed by atoms with Crippen LogP contribution < -0.4 is 0 Å². The van der Waals surface area contributed by atoms with Crippen LogP contribution in [-0.4, -0.2) is 18.5 Å². The largest absolute Gasteiger partial charge is 0.370 e. The van der Waals surface area contributed by atoms with Crippen molar-refractivity contribution in [1.82, 2.24) is 0 Å². The van der Waals surface area contributed by atoms with Gasteiger partial charge in [-0.3, -0.25) is 4.79 Å². The number of ketones is 1. The highest BCUT2D eigenvalue weighted by atomic mass is 16.5. The Hall–Kier alpha value is -0.630. The summed E-state index contributed by atoms with van der Waals surface area (Å²) in [7, 11) is 0. The first kappa shape index (κ1) is 13.4. The van der Waals surface area contributed by atoms with Crippen molar-refractivity contribution in [2.24, 2.45) is 5.41 Å². The van der Waals surface area contributed by atoms with Gasteiger partial charge in [0.05, 0.1) is 0 Å². The van der Waals surface area contributed by atoms with E-state index in [0.717, 1.165) is 24.8 Å². The lowest BCUT2D eigenvalue weighted by atomic mass is 9.82. The number of hydrogen-bond donors (Lipinski definition) is 0. The third kappa shape index (κ3) is 3.44. The Balaban J connectivity index is 2.78. The summed E-state index contributed by atoms with van der Waals surface area (Å²) >= 11 is 0. The molecule has 1 aliphatic carbocycles. The van der Waals surface area contributed by atoms with Crippen LogP contribution in [0, 0.1) is 5.41 Å². The molecule has 16 heavy (non-hydrogen) atoms. The van der Waals surface area contributed by atoms with Gasteiger partial charge in [-0.2, -0.15) is 0 Å². The number of carbonyl (C=O) groups is 1. The van der Waals surface area contributed by atoms with Gasteiger partial charge in [0, 0.05) is 6.61 Å². The molecule has 0 spiro atoms. The average molecular weight is 224 g/mol. The number of ether oxygens (including phenoxy) is 1. The van der Waals surface area contributed by atoms with Crippen molar-refractivity contribution in [2.45, 2.75) is 59.5 Å². The third-order valence-electron chi connectivity index (χ3n) is 2.97. The van der Waals surface area contributed by atoms with Crippen LogP contribution in [0.4, 0.5) is 0 Å². The van der Waals surface area contributed by atoms with E-state index in [2.05, 4.69) is 26.8 Å². The first-order valence-electron chi connectivity index (χ1n) is 6.31. The van der Waals surface area contributed by atoms with Gasteiger partial charge in [-0.05, 0) is 43.6 Å². The molecule has 0 bridgehead atoms. The van der Waals surface area contributed by atoms with Gasteiger partial charge in [0.25, 0.3) is 0 Å². The minimum Gasteiger partial charge on any atom is -0.370 e. The Labute approximate surface area is 99.1 Å². The molecule has 0 aromatic rings. The molecule has 92 valence electrons. The summed E-state index contributed by atoms with van der Waals surface area (Å²) in [6.07, 6.45) is 6.14. The van der Waals surface area contributed by atoms with Crippen LogP contribution in [0.25, 0.3) is 0 Å². The molecule has 0 amide bonds. The van der Waals surface area contributed by atoms with Crippen molar-refractivity contribution >= 4 is 5.78 Å². The van der Waals surface area contributed by atoms with Gasteiger partial charge in [-0.15, -0.1) is 0 Å². The number of Topliss-reactive ketones (excluding diaryl/α,β-unsaturated/α-hetero) is 1. The van der Waals surface area contributed by atoms with E-state index in [-0.39, 0.29) is 17.3 Å². The highest BCUT2D eigenvalue weighted by molar-refractivity contribution is 5.99. The van der Waals surface area contributed by atoms with E-state index in [4.69, 9.17) is 4.74 Å². The summed E-state index contributed by atoms with van der Waals surface area (Å²) in [5.74, 6) is 0.203. The van der Waals surface area contributed by atoms with Crippen LogP contribution in [0.3, 0.4) is 0 Å². The van der Waals surface area contributed by atoms with Gasteiger partial charge in [-0.25, -0.2) is 0 Å². The Kier molecular flexibility index (Phi) is 4.72. The lowest BCUT2D eigenvalue weighted by Crippen LogP contribution is -2.38. The molecule has 1 aliphatic rings. The molecule has 0 fully saturated rings. The fourth-order valence-electron chi connectivity index (χ4n) is 2.12. The van der Waals surface area contributed by atoms with E-state index in [9.17, 15) is 4.79 Å². The quantitative estimate of drug-likeness (QED) is 0.730. The molecule has 0 heterocycles. The topological polar surface area (TPSA) is 26.3 Å². The number of rotatable bonds is 4. The number of carbonyl (C=O) groups excluding carboxylic acids is 1. The Bertz CT molecular complexity index is 271. The van der Waals surface area contributed by atoms with Crippen LogP contribution in [0.15, 0.2) is 11.6 Å². The zero-order chi connectivity index (χ0) is 12.2. The summed E-state index contributed by atoms with van der Waals surface area (Å²) in [4.78, 5) is 12.3. The van der Waals surface area contributed by atoms with Crippen molar-refractivity contribution in [3.05, 3.63) is 11.6 Å². The number of hydrogen-bond acceptors (Lipinski definition) is 2. The first-order chi connectivity index (χ1) is 7.46. The van der Waals surface area contributed by atoms with E-state index in [1.165, 1.54) is 6.42 Å². The molecule has 0 radical (unpaired) electrons. The summed E-state index contributed by atoms with van der Waals surface area (Å²) in [6, 6.07) is 0. The van der Waals surface area contributed by atoms with Crippen molar-refractivity contribution in [3.8, 4) is 0 Å². The molecular weight excluding hydrogens is 200 g/mol. The first-order valence-corrected chi connectivity index (χ1v) is 6.31. The van der Waals surface area contributed by atoms with E-state index in [0.29, 0.717) is 6.61 Å². The molecule has 1 rings (SSSR count). The normalized spacial score (nSPS) is 19.1. The van der Waals surface area contributed by atoms with Gasteiger partial charge in [0.15, 0.2) is 5.78 Å². The molecule has 0 aliphatic heterocycles. The van der Waals surface area contributed by atoms with E-state index < -0.39 is 0 Å². The maximum absolute atomic E-state index is 12.3. The summed E-state index contributed by atoms with van der Waals surface area (Å²) in [6.45, 7) is 8.74. The van der Waals surface area contributed by atoms with E-state index >= 15 is 0 Å². The lowest BCUT2D eigenvalue weighted by molar-refractivity contribution is -0.133. The SMILES string of the molecule is CCOC(C(=O)C1=CCCCC1)C(C)(C)C. The predicted molar refractivity (Wildman–Crippen MR) is 66.4 cm³/mol. The second kappa shape index (κ2) is 5.62. The molecule has 0 saturated carbocycles. The van der Waals surface area contributed by atoms with Gasteiger partial charge in [0.1, 0.15) is 6.10 Å². The van der Waals surface area contributed by atoms with Crippen molar-refractivity contribution < 1.29 is 9.53 Å². The van der Waals surface area contributed by atoms with Gasteiger partial charge in [-0.1, -0.05) is 26.8 Å². The fourth-order valence-corrected chi connectivity index (χ4v) is 2.12. The molecular formula is C14H24O2. The summed E-state index contributed by atoms with van der Waals surface area (Å²) in [5.41, 5.74) is 0.866. The standard InChI is InChI=1S/C14H24O2/c1-5-16-13(14(2,3)4)12(15)11-9-7-6-8-10-11/h9,13H,5-8,10H2,1-4H3. The second-order valence-electron chi connectivity index (χ2n) is 5.54. The monoisotopic (exact) mass is 224 g/mol. The van der Waals surface area contributed by atoms with Gasteiger partial charge < -0.3 is 4.74 Å². The Morgan fingerprint density at radius 3 is 2.56 bits per heavy atom. The maximum Gasteiger partial charge on any atom is 0.187 e. The summed E-state index contributed by atoms with van der Waals surface area (Å²) < 4.78 is 5.63. The van der Waals surface area contributed by atoms with Crippen molar-refractivity contribution in [1.29, 1.82) is 0 Å². The van der Waals surface area contributed by atoms with Crippen LogP contribution in [0.5, 0.6) is 0 Å². The molecule has 1 unspecified atom stereocenters. The van der Waals surface area contributed by atoms with Gasteiger partial charge in [0.2, 0.25) is 0 Å². The minimum absolute atomic E-state index is 0.120. The molecule has 0 aromatic heterocycles.